The molecule has 112 valence electrons. The van der Waals surface area contributed by atoms with Crippen LogP contribution in [0.3, 0.4) is 0 Å². The van der Waals surface area contributed by atoms with Gasteiger partial charge in [0, 0.05) is 5.56 Å². The number of hydrogen-bond donors (Lipinski definition) is 0. The molecule has 0 bridgehead atoms. The highest BCUT2D eigenvalue weighted by Gasteiger charge is 2.28. The van der Waals surface area contributed by atoms with Crippen LogP contribution in [0, 0.1) is 5.82 Å². The van der Waals surface area contributed by atoms with E-state index in [2.05, 4.69) is 9.72 Å². The maximum absolute atomic E-state index is 13.1. The summed E-state index contributed by atoms with van der Waals surface area (Å²) in [5, 5.41) is -0.220. The van der Waals surface area contributed by atoms with Crippen LogP contribution >= 0.6 is 11.6 Å². The van der Waals surface area contributed by atoms with Gasteiger partial charge >= 0.3 is 5.97 Å². The molecule has 0 radical (unpaired) electrons. The molecule has 21 heavy (non-hydrogen) atoms. The smallest absolute Gasteiger partial charge is 0.376 e. The van der Waals surface area contributed by atoms with Crippen molar-refractivity contribution in [1.29, 1.82) is 0 Å². The van der Waals surface area contributed by atoms with Crippen LogP contribution in [0.15, 0.2) is 22.6 Å². The summed E-state index contributed by atoms with van der Waals surface area (Å²) in [5.41, 5.74) is -0.664. The molecule has 8 heteroatoms. The maximum Gasteiger partial charge on any atom is 0.376 e. The quantitative estimate of drug-likeness (QED) is 0.791. The number of alkyl halides is 2. The number of carbonyl (C=O) groups excluding carboxylic acids is 1. The first-order chi connectivity index (χ1) is 9.93. The summed E-state index contributed by atoms with van der Waals surface area (Å²) in [7, 11) is 0. The van der Waals surface area contributed by atoms with E-state index < -0.39 is 29.7 Å². The van der Waals surface area contributed by atoms with Gasteiger partial charge in [-0.15, -0.1) is 0 Å². The maximum atomic E-state index is 13.1. The first kappa shape index (κ1) is 15.4. The Hall–Kier alpha value is -2.02. The van der Waals surface area contributed by atoms with Crippen LogP contribution < -0.4 is 0 Å². The molecule has 0 amide bonds. The molecular weight excluding hydrogens is 311 g/mol. The first-order valence-electron chi connectivity index (χ1n) is 5.85. The summed E-state index contributed by atoms with van der Waals surface area (Å²) in [6.07, 6.45) is -3.02. The van der Waals surface area contributed by atoms with Gasteiger partial charge in [0.05, 0.1) is 11.6 Å². The Balaban J connectivity index is 2.48. The van der Waals surface area contributed by atoms with E-state index >= 15 is 0 Å². The molecule has 0 atom stereocenters. The van der Waals surface area contributed by atoms with E-state index in [0.717, 1.165) is 12.1 Å². The zero-order valence-electron chi connectivity index (χ0n) is 10.7. The van der Waals surface area contributed by atoms with Gasteiger partial charge in [-0.25, -0.2) is 22.9 Å². The van der Waals surface area contributed by atoms with Crippen molar-refractivity contribution < 1.29 is 27.1 Å². The number of nitrogens with zero attached hydrogens (tertiary/aromatic N) is 1. The molecule has 1 aromatic heterocycles. The minimum Gasteiger partial charge on any atom is -0.460 e. The monoisotopic (exact) mass is 319 g/mol. The highest BCUT2D eigenvalue weighted by atomic mass is 35.5. The van der Waals surface area contributed by atoms with Gasteiger partial charge in [-0.3, -0.25) is 0 Å². The number of halogens is 4. The van der Waals surface area contributed by atoms with Crippen molar-refractivity contribution in [3.8, 4) is 11.5 Å². The van der Waals surface area contributed by atoms with Crippen molar-refractivity contribution in [2.75, 3.05) is 6.61 Å². The lowest BCUT2D eigenvalue weighted by molar-refractivity contribution is 0.0476. The fourth-order valence-corrected chi connectivity index (χ4v) is 1.76. The molecule has 0 aliphatic carbocycles. The van der Waals surface area contributed by atoms with Crippen molar-refractivity contribution >= 4 is 17.6 Å². The van der Waals surface area contributed by atoms with Crippen LogP contribution in [-0.4, -0.2) is 17.6 Å². The van der Waals surface area contributed by atoms with Gasteiger partial charge in [0.2, 0.25) is 11.7 Å². The van der Waals surface area contributed by atoms with Crippen LogP contribution in [0.4, 0.5) is 13.2 Å². The van der Waals surface area contributed by atoms with Crippen molar-refractivity contribution in [2.24, 2.45) is 0 Å². The molecule has 0 aliphatic rings. The Morgan fingerprint density at radius 2 is 2.19 bits per heavy atom. The predicted molar refractivity (Wildman–Crippen MR) is 67.8 cm³/mol. The molecule has 0 fully saturated rings. The molecule has 2 rings (SSSR count). The second-order valence-electron chi connectivity index (χ2n) is 3.88. The number of hydrogen-bond acceptors (Lipinski definition) is 4. The van der Waals surface area contributed by atoms with Crippen molar-refractivity contribution in [3.05, 3.63) is 40.5 Å². The van der Waals surface area contributed by atoms with E-state index in [9.17, 15) is 18.0 Å². The molecule has 0 spiro atoms. The standard InChI is InChI=1S/C13H9ClF3NO3/c1-2-20-13(19)10-9(11(16)17)18-12(21-10)6-3-4-8(15)7(14)5-6/h3-5,11H,2H2,1H3. The third-order valence-electron chi connectivity index (χ3n) is 2.49. The number of esters is 1. The Morgan fingerprint density at radius 3 is 2.76 bits per heavy atom. The minimum atomic E-state index is -3.02. The molecule has 1 aromatic carbocycles. The first-order valence-corrected chi connectivity index (χ1v) is 6.23. The Bertz CT molecular complexity index is 673. The number of ether oxygens (including phenoxy) is 1. The summed E-state index contributed by atoms with van der Waals surface area (Å²) in [4.78, 5) is 15.1. The largest absolute Gasteiger partial charge is 0.460 e. The van der Waals surface area contributed by atoms with E-state index in [4.69, 9.17) is 16.0 Å². The Labute approximate surface area is 122 Å². The third kappa shape index (κ3) is 3.18. The molecule has 0 aliphatic heterocycles. The van der Waals surface area contributed by atoms with E-state index in [1.54, 1.807) is 0 Å². The molecule has 4 nitrogen and oxygen atoms in total. The molecule has 2 aromatic rings. The lowest BCUT2D eigenvalue weighted by Crippen LogP contribution is -2.06. The molecule has 0 saturated carbocycles. The average Bonchev–Trinajstić information content (AvgIpc) is 2.87. The number of rotatable bonds is 4. The van der Waals surface area contributed by atoms with Crippen molar-refractivity contribution in [2.45, 2.75) is 13.3 Å². The lowest BCUT2D eigenvalue weighted by Gasteiger charge is -1.99. The van der Waals surface area contributed by atoms with E-state index in [0.29, 0.717) is 0 Å². The SMILES string of the molecule is CCOC(=O)c1oc(-c2ccc(F)c(Cl)c2)nc1C(F)F. The van der Waals surface area contributed by atoms with Gasteiger partial charge in [-0.05, 0) is 25.1 Å². The fourth-order valence-electron chi connectivity index (χ4n) is 1.58. The molecule has 1 heterocycles. The Kier molecular flexibility index (Phi) is 4.52. The number of aromatic nitrogens is 1. The van der Waals surface area contributed by atoms with E-state index in [1.807, 2.05) is 0 Å². The molecule has 0 N–H and O–H groups in total. The summed E-state index contributed by atoms with van der Waals surface area (Å²) >= 11 is 5.60. The average molecular weight is 320 g/mol. The van der Waals surface area contributed by atoms with E-state index in [-0.39, 0.29) is 23.1 Å². The van der Waals surface area contributed by atoms with Gasteiger partial charge in [0.15, 0.2) is 5.69 Å². The number of carbonyl (C=O) groups is 1. The van der Waals surface area contributed by atoms with Gasteiger partial charge in [0.1, 0.15) is 5.82 Å². The van der Waals surface area contributed by atoms with Crippen LogP contribution in [0.5, 0.6) is 0 Å². The zero-order chi connectivity index (χ0) is 15.6. The van der Waals surface area contributed by atoms with Gasteiger partial charge in [0.25, 0.3) is 6.43 Å². The van der Waals surface area contributed by atoms with Crippen LogP contribution in [0.2, 0.25) is 5.02 Å². The zero-order valence-corrected chi connectivity index (χ0v) is 11.5. The summed E-state index contributed by atoms with van der Waals surface area (Å²) in [5.74, 6) is -2.66. The number of oxazole rings is 1. The normalized spacial score (nSPS) is 11.0. The second-order valence-corrected chi connectivity index (χ2v) is 4.29. The molecule has 0 unspecified atom stereocenters. The van der Waals surface area contributed by atoms with Gasteiger partial charge in [-0.2, -0.15) is 0 Å². The van der Waals surface area contributed by atoms with Crippen molar-refractivity contribution in [3.63, 3.8) is 0 Å². The Morgan fingerprint density at radius 1 is 1.48 bits per heavy atom. The van der Waals surface area contributed by atoms with Crippen LogP contribution in [0.25, 0.3) is 11.5 Å². The predicted octanol–water partition coefficient (Wildman–Crippen LogP) is 4.25. The summed E-state index contributed by atoms with van der Waals surface area (Å²) in [6.45, 7) is 1.52. The highest BCUT2D eigenvalue weighted by Crippen LogP contribution is 2.30. The molecule has 0 saturated heterocycles. The highest BCUT2D eigenvalue weighted by molar-refractivity contribution is 6.31. The van der Waals surface area contributed by atoms with Crippen LogP contribution in [-0.2, 0) is 4.74 Å². The van der Waals surface area contributed by atoms with E-state index in [1.165, 1.54) is 13.0 Å². The molecular formula is C13H9ClF3NO3. The number of benzene rings is 1. The fraction of sp³-hybridized carbons (Fsp3) is 0.231. The lowest BCUT2D eigenvalue weighted by atomic mass is 10.2. The van der Waals surface area contributed by atoms with Gasteiger partial charge in [-0.1, -0.05) is 11.6 Å². The second kappa shape index (κ2) is 6.17. The minimum absolute atomic E-state index is 0.0000782. The summed E-state index contributed by atoms with van der Waals surface area (Å²) < 4.78 is 48.5. The van der Waals surface area contributed by atoms with Crippen LogP contribution in [0.1, 0.15) is 29.6 Å². The summed E-state index contributed by atoms with van der Waals surface area (Å²) in [6, 6.07) is 3.44. The topological polar surface area (TPSA) is 52.3 Å². The third-order valence-corrected chi connectivity index (χ3v) is 2.78. The van der Waals surface area contributed by atoms with Crippen molar-refractivity contribution in [1.82, 2.24) is 4.98 Å². The van der Waals surface area contributed by atoms with Gasteiger partial charge < -0.3 is 9.15 Å².